The first-order chi connectivity index (χ1) is 8.72. The molecule has 1 aromatic rings. The maximum absolute atomic E-state index is 3.73. The van der Waals surface area contributed by atoms with Crippen LogP contribution < -0.4 is 5.32 Å². The van der Waals surface area contributed by atoms with Gasteiger partial charge in [-0.2, -0.15) is 0 Å². The highest BCUT2D eigenvalue weighted by molar-refractivity contribution is 5.30. The van der Waals surface area contributed by atoms with Crippen molar-refractivity contribution in [2.45, 2.75) is 59.4 Å². The Morgan fingerprint density at radius 2 is 1.83 bits per heavy atom. The van der Waals surface area contributed by atoms with Gasteiger partial charge in [0.2, 0.25) is 0 Å². The summed E-state index contributed by atoms with van der Waals surface area (Å²) in [4.78, 5) is 0. The molecule has 0 saturated carbocycles. The number of hydrogen-bond acceptors (Lipinski definition) is 1. The molecular weight excluding hydrogens is 218 g/mol. The molecule has 0 aliphatic rings. The molecule has 0 heterocycles. The molecular formula is C17H29N. The van der Waals surface area contributed by atoms with Gasteiger partial charge in [-0.1, -0.05) is 58.4 Å². The molecule has 102 valence electrons. The Morgan fingerprint density at radius 1 is 1.11 bits per heavy atom. The largest absolute Gasteiger partial charge is 0.310 e. The lowest BCUT2D eigenvalue weighted by molar-refractivity contribution is 0.401. The summed E-state index contributed by atoms with van der Waals surface area (Å²) >= 11 is 0. The van der Waals surface area contributed by atoms with E-state index in [0.717, 1.165) is 18.9 Å². The average molecular weight is 247 g/mol. The molecule has 0 fully saturated rings. The van der Waals surface area contributed by atoms with Gasteiger partial charge in [-0.3, -0.25) is 0 Å². The van der Waals surface area contributed by atoms with Crippen molar-refractivity contribution in [2.75, 3.05) is 6.54 Å². The number of nitrogens with one attached hydrogen (secondary N) is 1. The summed E-state index contributed by atoms with van der Waals surface area (Å²) in [6.07, 6.45) is 4.83. The van der Waals surface area contributed by atoms with Gasteiger partial charge in [0.1, 0.15) is 0 Å². The van der Waals surface area contributed by atoms with Gasteiger partial charge >= 0.3 is 0 Å². The molecule has 18 heavy (non-hydrogen) atoms. The van der Waals surface area contributed by atoms with Crippen molar-refractivity contribution in [2.24, 2.45) is 5.92 Å². The molecule has 1 N–H and O–H groups in total. The van der Waals surface area contributed by atoms with Gasteiger partial charge in [-0.15, -0.1) is 0 Å². The zero-order chi connectivity index (χ0) is 13.4. The fraction of sp³-hybridized carbons (Fsp3) is 0.647. The summed E-state index contributed by atoms with van der Waals surface area (Å²) < 4.78 is 0. The first kappa shape index (κ1) is 15.2. The van der Waals surface area contributed by atoms with E-state index in [-0.39, 0.29) is 0 Å². The minimum absolute atomic E-state index is 0.524. The van der Waals surface area contributed by atoms with E-state index in [2.05, 4.69) is 57.3 Å². The monoisotopic (exact) mass is 247 g/mol. The van der Waals surface area contributed by atoms with Crippen LogP contribution in [0.15, 0.2) is 24.3 Å². The van der Waals surface area contributed by atoms with E-state index >= 15 is 0 Å². The molecule has 1 heteroatoms. The van der Waals surface area contributed by atoms with Crippen LogP contribution in [-0.4, -0.2) is 6.54 Å². The Balaban J connectivity index is 2.85. The number of benzene rings is 1. The molecule has 0 spiro atoms. The fourth-order valence-electron chi connectivity index (χ4n) is 2.40. The van der Waals surface area contributed by atoms with Gasteiger partial charge in [0, 0.05) is 6.04 Å². The smallest absolute Gasteiger partial charge is 0.0325 e. The van der Waals surface area contributed by atoms with Crippen molar-refractivity contribution in [1.82, 2.24) is 5.32 Å². The Labute approximate surface area is 113 Å². The molecule has 0 aliphatic carbocycles. The highest BCUT2D eigenvalue weighted by Crippen LogP contribution is 2.26. The second kappa shape index (κ2) is 8.31. The Kier molecular flexibility index (Phi) is 7.04. The van der Waals surface area contributed by atoms with Crippen molar-refractivity contribution in [1.29, 1.82) is 0 Å². The van der Waals surface area contributed by atoms with Gasteiger partial charge in [-0.05, 0) is 42.9 Å². The van der Waals surface area contributed by atoms with Crippen LogP contribution in [0.2, 0.25) is 0 Å². The first-order valence-electron chi connectivity index (χ1n) is 7.54. The molecule has 0 amide bonds. The van der Waals surface area contributed by atoms with Gasteiger partial charge in [0.15, 0.2) is 0 Å². The Morgan fingerprint density at radius 3 is 2.44 bits per heavy atom. The predicted octanol–water partition coefficient (Wildman–Crippen LogP) is 4.73. The van der Waals surface area contributed by atoms with E-state index in [1.54, 1.807) is 0 Å². The van der Waals surface area contributed by atoms with Crippen LogP contribution in [0, 0.1) is 5.92 Å². The van der Waals surface area contributed by atoms with Crippen molar-refractivity contribution >= 4 is 0 Å². The van der Waals surface area contributed by atoms with Crippen molar-refractivity contribution in [3.8, 4) is 0 Å². The molecule has 1 aromatic carbocycles. The SMILES string of the molecule is CCCNC(CC(C)CC)c1ccccc1CC. The van der Waals surface area contributed by atoms with Crippen LogP contribution in [0.3, 0.4) is 0 Å². The molecule has 0 saturated heterocycles. The average Bonchev–Trinajstić information content (AvgIpc) is 2.43. The summed E-state index contributed by atoms with van der Waals surface area (Å²) in [5, 5.41) is 3.73. The number of rotatable bonds is 8. The van der Waals surface area contributed by atoms with E-state index < -0.39 is 0 Å². The second-order valence-corrected chi connectivity index (χ2v) is 5.31. The minimum Gasteiger partial charge on any atom is -0.310 e. The minimum atomic E-state index is 0.524. The van der Waals surface area contributed by atoms with Gasteiger partial charge in [0.25, 0.3) is 0 Å². The summed E-state index contributed by atoms with van der Waals surface area (Å²) in [7, 11) is 0. The fourth-order valence-corrected chi connectivity index (χ4v) is 2.40. The van der Waals surface area contributed by atoms with Crippen molar-refractivity contribution in [3.05, 3.63) is 35.4 Å². The molecule has 1 rings (SSSR count). The summed E-state index contributed by atoms with van der Waals surface area (Å²) in [5.41, 5.74) is 3.00. The Hall–Kier alpha value is -0.820. The summed E-state index contributed by atoms with van der Waals surface area (Å²) in [6, 6.07) is 9.42. The summed E-state index contributed by atoms with van der Waals surface area (Å²) in [6.45, 7) is 10.2. The van der Waals surface area contributed by atoms with Crippen molar-refractivity contribution in [3.63, 3.8) is 0 Å². The van der Waals surface area contributed by atoms with E-state index in [0.29, 0.717) is 6.04 Å². The van der Waals surface area contributed by atoms with Crippen LogP contribution in [0.1, 0.15) is 64.1 Å². The zero-order valence-corrected chi connectivity index (χ0v) is 12.5. The van der Waals surface area contributed by atoms with Crippen LogP contribution in [0.5, 0.6) is 0 Å². The topological polar surface area (TPSA) is 12.0 Å². The molecule has 1 nitrogen and oxygen atoms in total. The third kappa shape index (κ3) is 4.45. The first-order valence-corrected chi connectivity index (χ1v) is 7.54. The van der Waals surface area contributed by atoms with E-state index in [9.17, 15) is 0 Å². The van der Waals surface area contributed by atoms with Gasteiger partial charge in [-0.25, -0.2) is 0 Å². The van der Waals surface area contributed by atoms with Crippen LogP contribution in [0.25, 0.3) is 0 Å². The molecule has 0 bridgehead atoms. The number of aryl methyl sites for hydroxylation is 1. The van der Waals surface area contributed by atoms with Gasteiger partial charge in [0.05, 0.1) is 0 Å². The highest BCUT2D eigenvalue weighted by Gasteiger charge is 2.16. The third-order valence-corrected chi connectivity index (χ3v) is 3.79. The maximum Gasteiger partial charge on any atom is 0.0325 e. The molecule has 0 aromatic heterocycles. The number of hydrogen-bond donors (Lipinski definition) is 1. The zero-order valence-electron chi connectivity index (χ0n) is 12.5. The third-order valence-electron chi connectivity index (χ3n) is 3.79. The quantitative estimate of drug-likeness (QED) is 0.700. The van der Waals surface area contributed by atoms with Crippen LogP contribution in [0.4, 0.5) is 0 Å². The second-order valence-electron chi connectivity index (χ2n) is 5.31. The van der Waals surface area contributed by atoms with E-state index in [1.165, 1.54) is 30.4 Å². The van der Waals surface area contributed by atoms with Crippen LogP contribution in [-0.2, 0) is 6.42 Å². The predicted molar refractivity (Wildman–Crippen MR) is 80.9 cm³/mol. The van der Waals surface area contributed by atoms with E-state index in [4.69, 9.17) is 0 Å². The highest BCUT2D eigenvalue weighted by atomic mass is 14.9. The molecule has 2 unspecified atom stereocenters. The van der Waals surface area contributed by atoms with Crippen LogP contribution >= 0.6 is 0 Å². The van der Waals surface area contributed by atoms with Gasteiger partial charge < -0.3 is 5.32 Å². The lowest BCUT2D eigenvalue weighted by Crippen LogP contribution is -2.25. The standard InChI is InChI=1S/C17H29N/c1-5-12-18-17(13-14(4)6-2)16-11-9-8-10-15(16)7-3/h8-11,14,17-18H,5-7,12-13H2,1-4H3. The van der Waals surface area contributed by atoms with E-state index in [1.807, 2.05) is 0 Å². The maximum atomic E-state index is 3.73. The lowest BCUT2D eigenvalue weighted by Gasteiger charge is -2.24. The Bertz CT molecular complexity index is 332. The normalized spacial score (nSPS) is 14.4. The van der Waals surface area contributed by atoms with Crippen molar-refractivity contribution < 1.29 is 0 Å². The molecule has 0 aliphatic heterocycles. The summed E-state index contributed by atoms with van der Waals surface area (Å²) in [5.74, 6) is 0.782. The lowest BCUT2D eigenvalue weighted by atomic mass is 9.90. The molecule has 0 radical (unpaired) electrons. The molecule has 2 atom stereocenters.